The molecule has 134 valence electrons. The van der Waals surface area contributed by atoms with Gasteiger partial charge < -0.3 is 23.7 Å². The van der Waals surface area contributed by atoms with Gasteiger partial charge in [0.15, 0.2) is 0 Å². The van der Waals surface area contributed by atoms with E-state index in [2.05, 4.69) is 0 Å². The van der Waals surface area contributed by atoms with E-state index in [1.165, 1.54) is 38.5 Å². The molecule has 0 spiro atoms. The van der Waals surface area contributed by atoms with E-state index in [1.807, 2.05) is 0 Å². The number of hydrogen-bond donors (Lipinski definition) is 1. The molecule has 1 heterocycles. The van der Waals surface area contributed by atoms with Crippen LogP contribution in [0.5, 0.6) is 17.2 Å². The quantitative estimate of drug-likeness (QED) is 0.555. The third kappa shape index (κ3) is 3.46. The van der Waals surface area contributed by atoms with E-state index in [-0.39, 0.29) is 23.5 Å². The smallest absolute Gasteiger partial charge is 0.342 e. The van der Waals surface area contributed by atoms with Gasteiger partial charge in [-0.05, 0) is 30.3 Å². The van der Waals surface area contributed by atoms with E-state index >= 15 is 0 Å². The monoisotopic (exact) mass is 356 g/mol. The molecule has 26 heavy (non-hydrogen) atoms. The second-order valence-electron chi connectivity index (χ2n) is 5.41. The largest absolute Gasteiger partial charge is 0.508 e. The molecule has 7 heteroatoms. The van der Waals surface area contributed by atoms with Crippen molar-refractivity contribution in [2.45, 2.75) is 6.61 Å². The summed E-state index contributed by atoms with van der Waals surface area (Å²) in [6.07, 6.45) is 0. The van der Waals surface area contributed by atoms with Gasteiger partial charge in [0.25, 0.3) is 0 Å². The average molecular weight is 356 g/mol. The Morgan fingerprint density at radius 2 is 1.88 bits per heavy atom. The number of rotatable bonds is 5. The first-order valence-corrected chi connectivity index (χ1v) is 7.66. The van der Waals surface area contributed by atoms with E-state index in [1.54, 1.807) is 18.2 Å². The minimum absolute atomic E-state index is 0.0316. The molecule has 0 saturated carbocycles. The van der Waals surface area contributed by atoms with E-state index < -0.39 is 11.6 Å². The highest BCUT2D eigenvalue weighted by Crippen LogP contribution is 2.26. The molecule has 0 aliphatic heterocycles. The number of carbonyl (C=O) groups is 1. The van der Waals surface area contributed by atoms with Crippen molar-refractivity contribution in [3.63, 3.8) is 0 Å². The molecule has 0 aliphatic rings. The second-order valence-corrected chi connectivity index (χ2v) is 5.41. The summed E-state index contributed by atoms with van der Waals surface area (Å²) in [5, 5.41) is 10.1. The van der Waals surface area contributed by atoms with Gasteiger partial charge in [-0.25, -0.2) is 9.59 Å². The van der Waals surface area contributed by atoms with Gasteiger partial charge in [-0.15, -0.1) is 0 Å². The first-order chi connectivity index (χ1) is 12.5. The lowest BCUT2D eigenvalue weighted by molar-refractivity contribution is 0.0469. The molecule has 2 aromatic carbocycles. The van der Waals surface area contributed by atoms with Crippen LogP contribution in [0, 0.1) is 0 Å². The van der Waals surface area contributed by atoms with Crippen molar-refractivity contribution in [2.75, 3.05) is 14.2 Å². The minimum atomic E-state index is -0.624. The number of aromatic hydroxyl groups is 1. The van der Waals surface area contributed by atoms with Gasteiger partial charge in [-0.2, -0.15) is 0 Å². The predicted octanol–water partition coefficient (Wildman–Crippen LogP) is 2.87. The summed E-state index contributed by atoms with van der Waals surface area (Å²) in [5.41, 5.74) is 0.277. The highest BCUT2D eigenvalue weighted by Gasteiger charge is 2.16. The van der Waals surface area contributed by atoms with Crippen molar-refractivity contribution in [3.05, 3.63) is 64.0 Å². The molecule has 0 unspecified atom stereocenters. The molecule has 0 radical (unpaired) electrons. The lowest BCUT2D eigenvalue weighted by Gasteiger charge is -2.11. The molecule has 0 aliphatic carbocycles. The van der Waals surface area contributed by atoms with Crippen molar-refractivity contribution < 1.29 is 28.5 Å². The van der Waals surface area contributed by atoms with Crippen LogP contribution in [0.3, 0.4) is 0 Å². The maximum atomic E-state index is 12.4. The van der Waals surface area contributed by atoms with Gasteiger partial charge in [0.1, 0.15) is 35.0 Å². The lowest BCUT2D eigenvalue weighted by Crippen LogP contribution is -2.09. The minimum Gasteiger partial charge on any atom is -0.508 e. The zero-order valence-electron chi connectivity index (χ0n) is 14.1. The Hall–Kier alpha value is -3.48. The summed E-state index contributed by atoms with van der Waals surface area (Å²) in [5.74, 6) is 0.175. The van der Waals surface area contributed by atoms with Crippen LogP contribution in [0.15, 0.2) is 51.7 Å². The fourth-order valence-corrected chi connectivity index (χ4v) is 2.53. The van der Waals surface area contributed by atoms with Gasteiger partial charge in [-0.1, -0.05) is 0 Å². The number of fused-ring (bicyclic) bond motifs is 1. The van der Waals surface area contributed by atoms with Crippen LogP contribution in [0.4, 0.5) is 0 Å². The van der Waals surface area contributed by atoms with E-state index in [4.69, 9.17) is 18.6 Å². The van der Waals surface area contributed by atoms with Crippen LogP contribution in [-0.4, -0.2) is 25.3 Å². The van der Waals surface area contributed by atoms with Crippen LogP contribution in [0.2, 0.25) is 0 Å². The summed E-state index contributed by atoms with van der Waals surface area (Å²) in [6.45, 7) is -0.147. The zero-order valence-corrected chi connectivity index (χ0v) is 14.1. The highest BCUT2D eigenvalue weighted by atomic mass is 16.5. The number of carbonyl (C=O) groups excluding carboxylic acids is 1. The fourth-order valence-electron chi connectivity index (χ4n) is 2.53. The van der Waals surface area contributed by atoms with Crippen molar-refractivity contribution in [2.24, 2.45) is 0 Å². The van der Waals surface area contributed by atoms with E-state index in [0.717, 1.165) is 0 Å². The van der Waals surface area contributed by atoms with Crippen molar-refractivity contribution in [1.82, 2.24) is 0 Å². The van der Waals surface area contributed by atoms with Crippen molar-refractivity contribution in [3.8, 4) is 17.2 Å². The number of benzene rings is 2. The van der Waals surface area contributed by atoms with E-state index in [0.29, 0.717) is 22.4 Å². The van der Waals surface area contributed by atoms with Crippen LogP contribution in [0.25, 0.3) is 11.0 Å². The number of phenols is 1. The van der Waals surface area contributed by atoms with Crippen molar-refractivity contribution in [1.29, 1.82) is 0 Å². The van der Waals surface area contributed by atoms with Gasteiger partial charge in [0, 0.05) is 23.1 Å². The molecule has 0 bridgehead atoms. The summed E-state index contributed by atoms with van der Waals surface area (Å²) in [4.78, 5) is 24.1. The molecular formula is C19H16O7. The standard InChI is InChI=1S/C19H16O7/c1-23-13-4-6-16(24-2)15(9-13)19(22)25-10-11-7-18(21)26-17-8-12(20)3-5-14(11)17/h3-9,20H,10H2,1-2H3. The topological polar surface area (TPSA) is 95.2 Å². The number of phenolic OH excluding ortho intramolecular Hbond substituents is 1. The summed E-state index contributed by atoms with van der Waals surface area (Å²) in [6, 6.07) is 10.4. The lowest BCUT2D eigenvalue weighted by atomic mass is 10.1. The molecule has 3 rings (SSSR count). The Labute approximate surface area is 148 Å². The van der Waals surface area contributed by atoms with Crippen LogP contribution in [-0.2, 0) is 11.3 Å². The maximum absolute atomic E-state index is 12.4. The molecule has 0 amide bonds. The highest BCUT2D eigenvalue weighted by molar-refractivity contribution is 5.93. The third-order valence-electron chi connectivity index (χ3n) is 3.80. The zero-order chi connectivity index (χ0) is 18.7. The van der Waals surface area contributed by atoms with Crippen LogP contribution >= 0.6 is 0 Å². The molecule has 1 N–H and O–H groups in total. The number of esters is 1. The molecule has 0 saturated heterocycles. The Morgan fingerprint density at radius 1 is 1.08 bits per heavy atom. The number of methoxy groups -OCH3 is 2. The summed E-state index contributed by atoms with van der Waals surface area (Å²) < 4.78 is 20.7. The van der Waals surface area contributed by atoms with Gasteiger partial charge >= 0.3 is 11.6 Å². The SMILES string of the molecule is COc1ccc(OC)c(C(=O)OCc2cc(=O)oc3cc(O)ccc23)c1. The van der Waals surface area contributed by atoms with Gasteiger partial charge in [-0.3, -0.25) is 0 Å². The number of ether oxygens (including phenoxy) is 3. The molecule has 0 fully saturated rings. The fraction of sp³-hybridized carbons (Fsp3) is 0.158. The Balaban J connectivity index is 1.89. The van der Waals surface area contributed by atoms with Crippen molar-refractivity contribution >= 4 is 16.9 Å². The van der Waals surface area contributed by atoms with Gasteiger partial charge in [0.05, 0.1) is 14.2 Å². The molecule has 7 nitrogen and oxygen atoms in total. The Bertz CT molecular complexity index is 1020. The molecular weight excluding hydrogens is 340 g/mol. The van der Waals surface area contributed by atoms with E-state index in [9.17, 15) is 14.7 Å². The Morgan fingerprint density at radius 3 is 2.62 bits per heavy atom. The maximum Gasteiger partial charge on any atom is 0.342 e. The molecule has 1 aromatic heterocycles. The Kier molecular flexibility index (Phi) is 4.79. The van der Waals surface area contributed by atoms with Crippen LogP contribution in [0.1, 0.15) is 15.9 Å². The average Bonchev–Trinajstić information content (AvgIpc) is 2.64. The van der Waals surface area contributed by atoms with Gasteiger partial charge in [0.2, 0.25) is 0 Å². The third-order valence-corrected chi connectivity index (χ3v) is 3.80. The molecule has 3 aromatic rings. The molecule has 0 atom stereocenters. The normalized spacial score (nSPS) is 10.5. The van der Waals surface area contributed by atoms with Crippen LogP contribution < -0.4 is 15.1 Å². The number of hydrogen-bond acceptors (Lipinski definition) is 7. The predicted molar refractivity (Wildman–Crippen MR) is 92.8 cm³/mol. The summed E-state index contributed by atoms with van der Waals surface area (Å²) in [7, 11) is 2.93. The first-order valence-electron chi connectivity index (χ1n) is 7.66. The first kappa shape index (κ1) is 17.3. The summed E-state index contributed by atoms with van der Waals surface area (Å²) >= 11 is 0. The second kappa shape index (κ2) is 7.18.